The summed E-state index contributed by atoms with van der Waals surface area (Å²) >= 11 is 0. The Morgan fingerprint density at radius 2 is 1.95 bits per heavy atom. The zero-order valence-electron chi connectivity index (χ0n) is 15.4. The highest BCUT2D eigenvalue weighted by Gasteiger charge is 2.39. The molecule has 4 atom stereocenters. The van der Waals surface area contributed by atoms with Gasteiger partial charge in [-0.25, -0.2) is 0 Å². The molecule has 0 spiro atoms. The lowest BCUT2D eigenvalue weighted by molar-refractivity contribution is 0.0239. The number of nitrogens with zero attached hydrogens (tertiary/aromatic N) is 1. The van der Waals surface area contributed by atoms with Crippen LogP contribution in [0.15, 0.2) is 0 Å². The third-order valence-electron chi connectivity index (χ3n) is 5.93. The first-order valence-corrected chi connectivity index (χ1v) is 8.81. The minimum atomic E-state index is 0.459. The van der Waals surface area contributed by atoms with E-state index in [-0.39, 0.29) is 0 Å². The van der Waals surface area contributed by atoms with Crippen molar-refractivity contribution in [3.05, 3.63) is 0 Å². The molecule has 21 heavy (non-hydrogen) atoms. The summed E-state index contributed by atoms with van der Waals surface area (Å²) in [6.07, 6.45) is 5.24. The number of hydrogen-bond acceptors (Lipinski definition) is 3. The van der Waals surface area contributed by atoms with Crippen molar-refractivity contribution in [2.24, 2.45) is 11.3 Å². The van der Waals surface area contributed by atoms with Crippen LogP contribution >= 0.6 is 0 Å². The van der Waals surface area contributed by atoms with Gasteiger partial charge < -0.3 is 10.1 Å². The molecule has 0 radical (unpaired) electrons. The van der Waals surface area contributed by atoms with Crippen molar-refractivity contribution < 1.29 is 4.74 Å². The van der Waals surface area contributed by atoms with Crippen molar-refractivity contribution >= 4 is 0 Å². The van der Waals surface area contributed by atoms with Crippen molar-refractivity contribution in [2.75, 3.05) is 27.3 Å². The van der Waals surface area contributed by atoms with Gasteiger partial charge in [0.2, 0.25) is 0 Å². The Morgan fingerprint density at radius 3 is 2.48 bits per heavy atom. The molecule has 0 aromatic rings. The summed E-state index contributed by atoms with van der Waals surface area (Å²) in [5.41, 5.74) is 0.459. The van der Waals surface area contributed by atoms with Gasteiger partial charge >= 0.3 is 0 Å². The predicted octanol–water partition coefficient (Wildman–Crippen LogP) is 3.54. The quantitative estimate of drug-likeness (QED) is 0.742. The summed E-state index contributed by atoms with van der Waals surface area (Å²) in [5.74, 6) is 0.833. The van der Waals surface area contributed by atoms with Crippen LogP contribution in [-0.4, -0.2) is 50.3 Å². The maximum absolute atomic E-state index is 5.36. The van der Waals surface area contributed by atoms with E-state index in [2.05, 4.69) is 51.9 Å². The summed E-state index contributed by atoms with van der Waals surface area (Å²) in [7, 11) is 4.08. The molecule has 0 aromatic carbocycles. The van der Waals surface area contributed by atoms with Gasteiger partial charge in [-0.3, -0.25) is 4.90 Å². The van der Waals surface area contributed by atoms with E-state index < -0.39 is 0 Å². The number of rotatable bonds is 8. The molecule has 0 aromatic heterocycles. The molecule has 0 bridgehead atoms. The van der Waals surface area contributed by atoms with Crippen molar-refractivity contribution in [3.63, 3.8) is 0 Å². The maximum atomic E-state index is 5.36. The first-order valence-electron chi connectivity index (χ1n) is 8.81. The Labute approximate surface area is 132 Å². The molecule has 0 amide bonds. The molecule has 1 N–H and O–H groups in total. The molecular weight excluding hydrogens is 260 g/mol. The molecular formula is C18H38N2O. The topological polar surface area (TPSA) is 24.5 Å². The number of methoxy groups -OCH3 is 1. The molecule has 3 heteroatoms. The van der Waals surface area contributed by atoms with E-state index in [0.29, 0.717) is 23.5 Å². The van der Waals surface area contributed by atoms with Gasteiger partial charge in [-0.15, -0.1) is 0 Å². The van der Waals surface area contributed by atoms with Crippen LogP contribution in [0.1, 0.15) is 60.3 Å². The van der Waals surface area contributed by atoms with Gasteiger partial charge in [0, 0.05) is 25.2 Å². The highest BCUT2D eigenvalue weighted by molar-refractivity contribution is 4.95. The van der Waals surface area contributed by atoms with Crippen LogP contribution < -0.4 is 5.32 Å². The molecule has 0 aliphatic heterocycles. The second-order valence-electron chi connectivity index (χ2n) is 7.55. The van der Waals surface area contributed by atoms with Crippen molar-refractivity contribution in [1.29, 1.82) is 0 Å². The van der Waals surface area contributed by atoms with Gasteiger partial charge in [0.05, 0.1) is 6.61 Å². The monoisotopic (exact) mass is 298 g/mol. The summed E-state index contributed by atoms with van der Waals surface area (Å²) in [4.78, 5) is 2.55. The predicted molar refractivity (Wildman–Crippen MR) is 91.8 cm³/mol. The third kappa shape index (κ3) is 4.94. The van der Waals surface area contributed by atoms with E-state index >= 15 is 0 Å². The lowest BCUT2D eigenvalue weighted by Crippen LogP contribution is -2.56. The average Bonchev–Trinajstić information content (AvgIpc) is 2.47. The maximum Gasteiger partial charge on any atom is 0.0615 e. The molecule has 4 unspecified atom stereocenters. The first kappa shape index (κ1) is 18.9. The fourth-order valence-corrected chi connectivity index (χ4v) is 3.78. The zero-order chi connectivity index (χ0) is 16.0. The standard InChI is InChI=1S/C18H38N2O/c1-8-18(4,5)15-10-11-16(19-9-2)17(12-15)20(6)14(3)13-21-7/h14-17,19H,8-13H2,1-7H3. The molecule has 0 heterocycles. The van der Waals surface area contributed by atoms with Crippen LogP contribution in [0.2, 0.25) is 0 Å². The SMILES string of the molecule is CCNC1CCC(C(C)(C)CC)CC1N(C)C(C)COC. The second kappa shape index (κ2) is 8.50. The van der Waals surface area contributed by atoms with Gasteiger partial charge in [0.15, 0.2) is 0 Å². The van der Waals surface area contributed by atoms with Crippen LogP contribution in [0.4, 0.5) is 0 Å². The Bertz CT molecular complexity index is 293. The van der Waals surface area contributed by atoms with Crippen molar-refractivity contribution in [1.82, 2.24) is 10.2 Å². The third-order valence-corrected chi connectivity index (χ3v) is 5.93. The van der Waals surface area contributed by atoms with Crippen molar-refractivity contribution in [2.45, 2.75) is 78.4 Å². The Hall–Kier alpha value is -0.120. The lowest BCUT2D eigenvalue weighted by atomic mass is 9.67. The van der Waals surface area contributed by atoms with Gasteiger partial charge in [0.25, 0.3) is 0 Å². The Morgan fingerprint density at radius 1 is 1.29 bits per heavy atom. The van der Waals surface area contributed by atoms with Crippen LogP contribution in [0, 0.1) is 11.3 Å². The normalized spacial score (nSPS) is 28.9. The zero-order valence-corrected chi connectivity index (χ0v) is 15.4. The van der Waals surface area contributed by atoms with Gasteiger partial charge in [0.1, 0.15) is 0 Å². The number of likely N-dealkylation sites (N-methyl/N-ethyl adjacent to an activating group) is 2. The summed E-state index contributed by atoms with van der Waals surface area (Å²) in [6.45, 7) is 13.6. The Balaban J connectivity index is 2.81. The van der Waals surface area contributed by atoms with Crippen molar-refractivity contribution in [3.8, 4) is 0 Å². The Kier molecular flexibility index (Phi) is 7.66. The highest BCUT2D eigenvalue weighted by atomic mass is 16.5. The summed E-state index contributed by atoms with van der Waals surface area (Å²) in [5, 5.41) is 3.72. The van der Waals surface area contributed by atoms with E-state index in [1.54, 1.807) is 7.11 Å². The van der Waals surface area contributed by atoms with Crippen LogP contribution in [0.3, 0.4) is 0 Å². The van der Waals surface area contributed by atoms with Crippen LogP contribution in [0.5, 0.6) is 0 Å². The molecule has 0 saturated heterocycles. The average molecular weight is 299 g/mol. The largest absolute Gasteiger partial charge is 0.383 e. The van der Waals surface area contributed by atoms with Gasteiger partial charge in [-0.2, -0.15) is 0 Å². The summed E-state index contributed by atoms with van der Waals surface area (Å²) < 4.78 is 5.36. The smallest absolute Gasteiger partial charge is 0.0615 e. The molecule has 1 fully saturated rings. The minimum absolute atomic E-state index is 0.459. The van der Waals surface area contributed by atoms with E-state index in [4.69, 9.17) is 4.74 Å². The fraction of sp³-hybridized carbons (Fsp3) is 1.00. The van der Waals surface area contributed by atoms with E-state index in [1.807, 2.05) is 0 Å². The second-order valence-corrected chi connectivity index (χ2v) is 7.55. The molecule has 126 valence electrons. The van der Waals surface area contributed by atoms with Gasteiger partial charge in [-0.1, -0.05) is 34.1 Å². The molecule has 1 rings (SSSR count). The summed E-state index contributed by atoms with van der Waals surface area (Å²) in [6, 6.07) is 1.73. The fourth-order valence-electron chi connectivity index (χ4n) is 3.78. The molecule has 1 saturated carbocycles. The number of hydrogen-bond donors (Lipinski definition) is 1. The molecule has 1 aliphatic carbocycles. The lowest BCUT2D eigenvalue weighted by Gasteiger charge is -2.47. The van der Waals surface area contributed by atoms with E-state index in [0.717, 1.165) is 19.1 Å². The minimum Gasteiger partial charge on any atom is -0.383 e. The highest BCUT2D eigenvalue weighted by Crippen LogP contribution is 2.41. The number of nitrogens with one attached hydrogen (secondary N) is 1. The molecule has 3 nitrogen and oxygen atoms in total. The van der Waals surface area contributed by atoms with E-state index in [1.165, 1.54) is 25.7 Å². The molecule has 1 aliphatic rings. The van der Waals surface area contributed by atoms with Crippen LogP contribution in [0.25, 0.3) is 0 Å². The number of ether oxygens (including phenoxy) is 1. The van der Waals surface area contributed by atoms with Crippen LogP contribution in [-0.2, 0) is 4.74 Å². The van der Waals surface area contributed by atoms with E-state index in [9.17, 15) is 0 Å². The first-order chi connectivity index (χ1) is 9.87. The van der Waals surface area contributed by atoms with Gasteiger partial charge in [-0.05, 0) is 51.1 Å².